The van der Waals surface area contributed by atoms with Gasteiger partial charge >= 0.3 is 0 Å². The monoisotopic (exact) mass is 406 g/mol. The minimum absolute atomic E-state index is 0.184. The van der Waals surface area contributed by atoms with E-state index in [4.69, 9.17) is 92.8 Å². The number of hydrogen-bond donors (Lipinski definition) is 0. The predicted molar refractivity (Wildman–Crippen MR) is 81.2 cm³/mol. The Balaban J connectivity index is 2.26. The fourth-order valence-electron chi connectivity index (χ4n) is 3.48. The number of rotatable bonds is 0. The summed E-state index contributed by atoms with van der Waals surface area (Å²) in [5.41, 5.74) is 0. The lowest BCUT2D eigenvalue weighted by Crippen LogP contribution is -2.47. The number of hydrogen-bond acceptors (Lipinski definition) is 0. The van der Waals surface area contributed by atoms with Gasteiger partial charge in [0.15, 0.2) is 4.33 Å². The van der Waals surface area contributed by atoms with E-state index in [2.05, 4.69) is 0 Å². The molecule has 0 spiro atoms. The maximum atomic E-state index is 6.62. The van der Waals surface area contributed by atoms with E-state index in [-0.39, 0.29) is 27.3 Å². The van der Waals surface area contributed by atoms with Gasteiger partial charge < -0.3 is 0 Å². The average Bonchev–Trinajstić information content (AvgIpc) is 2.69. The summed E-state index contributed by atoms with van der Waals surface area (Å²) in [7, 11) is 0. The summed E-state index contributed by atoms with van der Waals surface area (Å²) in [6.45, 7) is 0. The molecule has 3 aliphatic rings. The molecule has 0 aromatic rings. The second-order valence-corrected chi connectivity index (χ2v) is 9.29. The molecule has 2 bridgehead atoms. The number of alkyl halides is 6. The summed E-state index contributed by atoms with van der Waals surface area (Å²) >= 11 is 51.0. The molecule has 3 rings (SSSR count). The first kappa shape index (κ1) is 15.0. The highest BCUT2D eigenvalue weighted by atomic mass is 35.5. The highest BCUT2D eigenvalue weighted by Gasteiger charge is 2.84. The normalized spacial score (nSPS) is 57.3. The molecule has 0 aliphatic heterocycles. The lowest BCUT2D eigenvalue weighted by Gasteiger charge is -2.35. The van der Waals surface area contributed by atoms with Crippen molar-refractivity contribution in [3.63, 3.8) is 0 Å². The van der Waals surface area contributed by atoms with Crippen molar-refractivity contribution in [1.82, 2.24) is 0 Å². The number of halogens is 8. The maximum absolute atomic E-state index is 6.62. The molecule has 3 aliphatic carbocycles. The summed E-state index contributed by atoms with van der Waals surface area (Å²) in [6, 6.07) is 0. The summed E-state index contributed by atoms with van der Waals surface area (Å²) in [5, 5.41) is -0.259. The molecule has 0 heterocycles. The Kier molecular flexibility index (Phi) is 3.39. The molecule has 6 atom stereocenters. The van der Waals surface area contributed by atoms with Gasteiger partial charge in [0, 0.05) is 5.92 Å². The first-order chi connectivity index (χ1) is 8.11. The topological polar surface area (TPSA) is 0 Å². The molecule has 0 aromatic carbocycles. The van der Waals surface area contributed by atoms with E-state index >= 15 is 0 Å². The average molecular weight is 410 g/mol. The van der Waals surface area contributed by atoms with Crippen LogP contribution < -0.4 is 0 Å². The third kappa shape index (κ3) is 1.28. The molecule has 0 nitrogen and oxygen atoms in total. The van der Waals surface area contributed by atoms with E-state index in [1.807, 2.05) is 0 Å². The molecule has 5 unspecified atom stereocenters. The zero-order chi connectivity index (χ0) is 13.7. The van der Waals surface area contributed by atoms with Gasteiger partial charge in [0.1, 0.15) is 9.75 Å². The van der Waals surface area contributed by atoms with Crippen LogP contribution >= 0.6 is 92.8 Å². The summed E-state index contributed by atoms with van der Waals surface area (Å²) in [4.78, 5) is -2.50. The van der Waals surface area contributed by atoms with Gasteiger partial charge in [-0.05, 0) is 12.3 Å². The Morgan fingerprint density at radius 2 is 1.39 bits per heavy atom. The van der Waals surface area contributed by atoms with E-state index in [9.17, 15) is 0 Å². The Hall–Kier alpha value is 2.06. The van der Waals surface area contributed by atoms with Crippen molar-refractivity contribution in [3.8, 4) is 0 Å². The molecule has 0 N–H and O–H groups in total. The first-order valence-corrected chi connectivity index (χ1v) is 8.35. The van der Waals surface area contributed by atoms with Crippen molar-refractivity contribution in [1.29, 1.82) is 0 Å². The number of fused-ring (bicyclic) bond motifs is 5. The van der Waals surface area contributed by atoms with Crippen molar-refractivity contribution in [2.75, 3.05) is 0 Å². The van der Waals surface area contributed by atoms with Crippen molar-refractivity contribution in [3.05, 3.63) is 10.1 Å². The zero-order valence-corrected chi connectivity index (χ0v) is 14.6. The van der Waals surface area contributed by atoms with E-state index in [0.717, 1.165) is 0 Å². The molecule has 0 saturated heterocycles. The molecule has 0 aromatic heterocycles. The van der Waals surface area contributed by atoms with Gasteiger partial charge in [0.2, 0.25) is 0 Å². The van der Waals surface area contributed by atoms with Crippen LogP contribution in [0.15, 0.2) is 10.1 Å². The second-order valence-electron chi connectivity index (χ2n) is 4.95. The van der Waals surface area contributed by atoms with Gasteiger partial charge in [-0.15, -0.1) is 46.4 Å². The zero-order valence-electron chi connectivity index (χ0n) is 8.54. The molecular formula is C10H6Cl8. The van der Waals surface area contributed by atoms with Crippen molar-refractivity contribution in [2.45, 2.75) is 31.3 Å². The molecule has 18 heavy (non-hydrogen) atoms. The van der Waals surface area contributed by atoms with Gasteiger partial charge in [-0.25, -0.2) is 0 Å². The lowest BCUT2D eigenvalue weighted by atomic mass is 9.84. The Morgan fingerprint density at radius 3 is 1.94 bits per heavy atom. The van der Waals surface area contributed by atoms with Crippen LogP contribution in [0, 0.1) is 11.8 Å². The standard InChI is InChI=1S/C10H6Cl8/c11-3-1-2-4(5(3)12)9(16)7(14)6(13)8(2,15)10(9,17)18/h2-5H,1H2/t2?,3-,4?,5?,8?,9?/m0/s1. The van der Waals surface area contributed by atoms with Crippen molar-refractivity contribution in [2.24, 2.45) is 11.8 Å². The quantitative estimate of drug-likeness (QED) is 0.451. The van der Waals surface area contributed by atoms with Crippen LogP contribution in [-0.2, 0) is 0 Å². The van der Waals surface area contributed by atoms with E-state index in [0.29, 0.717) is 6.42 Å². The second kappa shape index (κ2) is 4.07. The fraction of sp³-hybridized carbons (Fsp3) is 0.800. The first-order valence-electron chi connectivity index (χ1n) is 5.21. The van der Waals surface area contributed by atoms with Crippen LogP contribution in [0.25, 0.3) is 0 Å². The van der Waals surface area contributed by atoms with Crippen LogP contribution in [0.5, 0.6) is 0 Å². The van der Waals surface area contributed by atoms with Crippen molar-refractivity contribution < 1.29 is 0 Å². The van der Waals surface area contributed by atoms with Crippen LogP contribution in [-0.4, -0.2) is 24.8 Å². The van der Waals surface area contributed by atoms with Crippen molar-refractivity contribution >= 4 is 92.8 Å². The Morgan fingerprint density at radius 1 is 0.889 bits per heavy atom. The summed E-state index contributed by atoms with van der Waals surface area (Å²) in [6.07, 6.45) is 0.555. The van der Waals surface area contributed by atoms with Gasteiger partial charge in [0.05, 0.1) is 20.8 Å². The summed E-state index contributed by atoms with van der Waals surface area (Å²) < 4.78 is -1.50. The van der Waals surface area contributed by atoms with Gasteiger partial charge in [-0.2, -0.15) is 0 Å². The molecular weight excluding hydrogens is 404 g/mol. The van der Waals surface area contributed by atoms with Gasteiger partial charge in [-0.3, -0.25) is 0 Å². The summed E-state index contributed by atoms with van der Waals surface area (Å²) in [5.74, 6) is -0.488. The largest absolute Gasteiger partial charge is 0.166 e. The molecule has 0 amide bonds. The van der Waals surface area contributed by atoms with Gasteiger partial charge in [-0.1, -0.05) is 46.4 Å². The highest BCUT2D eigenvalue weighted by molar-refractivity contribution is 6.66. The van der Waals surface area contributed by atoms with E-state index in [1.165, 1.54) is 0 Å². The Bertz CT molecular complexity index is 459. The third-order valence-corrected chi connectivity index (χ3v) is 9.79. The van der Waals surface area contributed by atoms with Crippen LogP contribution in [0.1, 0.15) is 6.42 Å². The SMILES string of the molecule is ClC1=C(Cl)C2(Cl)C3C(Cl)[C@@H](Cl)CC3C1(Cl)C2(Cl)Cl. The molecule has 0 radical (unpaired) electrons. The minimum atomic E-state index is -1.50. The molecule has 2 fully saturated rings. The third-order valence-electron chi connectivity index (χ3n) is 4.32. The maximum Gasteiger partial charge on any atom is 0.166 e. The molecule has 8 heteroatoms. The number of allylic oxidation sites excluding steroid dienone is 2. The fourth-order valence-corrected chi connectivity index (χ4v) is 7.46. The Labute approximate surface area is 145 Å². The molecule has 102 valence electrons. The van der Waals surface area contributed by atoms with Crippen LogP contribution in [0.3, 0.4) is 0 Å². The minimum Gasteiger partial charge on any atom is -0.121 e. The van der Waals surface area contributed by atoms with Crippen LogP contribution in [0.2, 0.25) is 0 Å². The smallest absolute Gasteiger partial charge is 0.121 e. The van der Waals surface area contributed by atoms with E-state index in [1.54, 1.807) is 0 Å². The molecule has 2 saturated carbocycles. The predicted octanol–water partition coefficient (Wildman–Crippen LogP) is 5.68. The van der Waals surface area contributed by atoms with Gasteiger partial charge in [0.25, 0.3) is 0 Å². The highest BCUT2D eigenvalue weighted by Crippen LogP contribution is 2.79. The van der Waals surface area contributed by atoms with Crippen LogP contribution in [0.4, 0.5) is 0 Å². The lowest BCUT2D eigenvalue weighted by molar-refractivity contribution is 0.385. The van der Waals surface area contributed by atoms with E-state index < -0.39 is 19.5 Å².